The summed E-state index contributed by atoms with van der Waals surface area (Å²) in [7, 11) is 2.77. The molecule has 0 spiro atoms. The van der Waals surface area contributed by atoms with Crippen LogP contribution in [0.2, 0.25) is 0 Å². The van der Waals surface area contributed by atoms with Crippen LogP contribution in [-0.4, -0.2) is 26.4 Å². The number of ether oxygens (including phenoxy) is 2. The van der Waals surface area contributed by atoms with E-state index in [1.807, 2.05) is 0 Å². The molecule has 0 atom stereocenters. The number of amides is 1. The van der Waals surface area contributed by atoms with Crippen molar-refractivity contribution in [2.24, 2.45) is 5.73 Å². The first-order valence-corrected chi connectivity index (χ1v) is 4.15. The molecular formula is C10H11NO4. The topological polar surface area (TPSA) is 78.6 Å². The summed E-state index contributed by atoms with van der Waals surface area (Å²) in [4.78, 5) is 21.7. The second kappa shape index (κ2) is 4.45. The van der Waals surface area contributed by atoms with Crippen LogP contribution in [0.15, 0.2) is 12.1 Å². The molecule has 1 rings (SSSR count). The predicted octanol–water partition coefficient (Wildman–Crippen LogP) is 0.615. The monoisotopic (exact) mass is 209 g/mol. The lowest BCUT2D eigenvalue weighted by Crippen LogP contribution is -2.14. The number of aldehydes is 1. The molecule has 0 saturated heterocycles. The molecule has 0 bridgehead atoms. The number of hydrogen-bond acceptors (Lipinski definition) is 4. The van der Waals surface area contributed by atoms with Gasteiger partial charge in [0.05, 0.1) is 14.2 Å². The highest BCUT2D eigenvalue weighted by atomic mass is 16.5. The summed E-state index contributed by atoms with van der Waals surface area (Å²) in [5, 5.41) is 0. The number of methoxy groups -OCH3 is 2. The third kappa shape index (κ3) is 2.07. The average Bonchev–Trinajstić information content (AvgIpc) is 2.26. The standard InChI is InChI=1S/C10H11NO4/c1-14-7-3-6(5-12)4-8(15-2)9(7)10(11)13/h3-5H,1-2H3,(H2,11,13). The highest BCUT2D eigenvalue weighted by Crippen LogP contribution is 2.29. The number of rotatable bonds is 4. The molecule has 0 heterocycles. The third-order valence-corrected chi connectivity index (χ3v) is 1.91. The van der Waals surface area contributed by atoms with Gasteiger partial charge in [0.15, 0.2) is 0 Å². The van der Waals surface area contributed by atoms with Crippen LogP contribution in [0.3, 0.4) is 0 Å². The molecule has 15 heavy (non-hydrogen) atoms. The van der Waals surface area contributed by atoms with Crippen molar-refractivity contribution in [1.29, 1.82) is 0 Å². The average molecular weight is 209 g/mol. The number of carbonyl (C=O) groups excluding carboxylic acids is 2. The molecule has 2 N–H and O–H groups in total. The maximum absolute atomic E-state index is 11.1. The van der Waals surface area contributed by atoms with Crippen LogP contribution in [0.5, 0.6) is 11.5 Å². The van der Waals surface area contributed by atoms with Gasteiger partial charge in [0.25, 0.3) is 5.91 Å². The van der Waals surface area contributed by atoms with E-state index in [0.717, 1.165) is 0 Å². The first-order valence-electron chi connectivity index (χ1n) is 4.15. The van der Waals surface area contributed by atoms with E-state index in [2.05, 4.69) is 0 Å². The first kappa shape index (κ1) is 11.0. The number of benzene rings is 1. The lowest BCUT2D eigenvalue weighted by atomic mass is 10.1. The van der Waals surface area contributed by atoms with Crippen LogP contribution in [0.4, 0.5) is 0 Å². The molecule has 0 aromatic heterocycles. The lowest BCUT2D eigenvalue weighted by Gasteiger charge is -2.10. The van der Waals surface area contributed by atoms with E-state index >= 15 is 0 Å². The first-order chi connectivity index (χ1) is 7.13. The number of hydrogen-bond donors (Lipinski definition) is 1. The Labute approximate surface area is 86.8 Å². The second-order valence-corrected chi connectivity index (χ2v) is 2.78. The summed E-state index contributed by atoms with van der Waals surface area (Å²) in [5.74, 6) is -0.214. The van der Waals surface area contributed by atoms with Crippen LogP contribution in [-0.2, 0) is 0 Å². The molecule has 0 aliphatic rings. The molecule has 5 heteroatoms. The maximum atomic E-state index is 11.1. The van der Waals surface area contributed by atoms with Gasteiger partial charge in [-0.1, -0.05) is 0 Å². The Morgan fingerprint density at radius 1 is 1.27 bits per heavy atom. The lowest BCUT2D eigenvalue weighted by molar-refractivity contribution is 0.0993. The van der Waals surface area contributed by atoms with Crippen LogP contribution in [0.25, 0.3) is 0 Å². The minimum atomic E-state index is -0.666. The van der Waals surface area contributed by atoms with Crippen molar-refractivity contribution in [3.05, 3.63) is 23.3 Å². The van der Waals surface area contributed by atoms with Crippen LogP contribution < -0.4 is 15.2 Å². The van der Waals surface area contributed by atoms with Gasteiger partial charge in [0, 0.05) is 5.56 Å². The molecule has 80 valence electrons. The molecule has 0 aliphatic heterocycles. The highest BCUT2D eigenvalue weighted by molar-refractivity contribution is 5.99. The van der Waals surface area contributed by atoms with Gasteiger partial charge in [0.1, 0.15) is 23.3 Å². The van der Waals surface area contributed by atoms with Gasteiger partial charge in [-0.05, 0) is 12.1 Å². The zero-order valence-electron chi connectivity index (χ0n) is 8.44. The van der Waals surface area contributed by atoms with Crippen LogP contribution in [0, 0.1) is 0 Å². The fraction of sp³-hybridized carbons (Fsp3) is 0.200. The molecular weight excluding hydrogens is 198 g/mol. The van der Waals surface area contributed by atoms with E-state index in [4.69, 9.17) is 15.2 Å². The second-order valence-electron chi connectivity index (χ2n) is 2.78. The summed E-state index contributed by atoms with van der Waals surface area (Å²) >= 11 is 0. The van der Waals surface area contributed by atoms with Crippen molar-refractivity contribution in [1.82, 2.24) is 0 Å². The zero-order chi connectivity index (χ0) is 11.4. The van der Waals surface area contributed by atoms with Gasteiger partial charge in [-0.3, -0.25) is 9.59 Å². The van der Waals surface area contributed by atoms with Crippen molar-refractivity contribution < 1.29 is 19.1 Å². The predicted molar refractivity (Wildman–Crippen MR) is 53.5 cm³/mol. The largest absolute Gasteiger partial charge is 0.496 e. The molecule has 5 nitrogen and oxygen atoms in total. The molecule has 0 saturated carbocycles. The molecule has 0 aliphatic carbocycles. The minimum Gasteiger partial charge on any atom is -0.496 e. The molecule has 1 amide bonds. The summed E-state index contributed by atoms with van der Waals surface area (Å²) in [6, 6.07) is 2.85. The smallest absolute Gasteiger partial charge is 0.256 e. The van der Waals surface area contributed by atoms with Crippen molar-refractivity contribution in [2.75, 3.05) is 14.2 Å². The number of primary amides is 1. The fourth-order valence-electron chi connectivity index (χ4n) is 1.24. The Morgan fingerprint density at radius 3 is 2.00 bits per heavy atom. The van der Waals surface area contributed by atoms with Gasteiger partial charge in [0.2, 0.25) is 0 Å². The van der Waals surface area contributed by atoms with E-state index < -0.39 is 5.91 Å². The quantitative estimate of drug-likeness (QED) is 0.737. The van der Waals surface area contributed by atoms with Crippen LogP contribution >= 0.6 is 0 Å². The third-order valence-electron chi connectivity index (χ3n) is 1.91. The Bertz CT molecular complexity index is 375. The summed E-state index contributed by atoms with van der Waals surface area (Å²) in [6.07, 6.45) is 0.635. The summed E-state index contributed by atoms with van der Waals surface area (Å²) in [5.41, 5.74) is 5.66. The minimum absolute atomic E-state index is 0.130. The van der Waals surface area contributed by atoms with E-state index in [-0.39, 0.29) is 17.1 Å². The van der Waals surface area contributed by atoms with Crippen molar-refractivity contribution in [3.63, 3.8) is 0 Å². The van der Waals surface area contributed by atoms with E-state index in [1.54, 1.807) is 0 Å². The Hall–Kier alpha value is -2.04. The molecule has 0 radical (unpaired) electrons. The van der Waals surface area contributed by atoms with Gasteiger partial charge in [-0.25, -0.2) is 0 Å². The number of nitrogens with two attached hydrogens (primary N) is 1. The molecule has 1 aromatic carbocycles. The summed E-state index contributed by atoms with van der Waals surface area (Å²) < 4.78 is 9.90. The number of carbonyl (C=O) groups is 2. The SMILES string of the molecule is COc1cc(C=O)cc(OC)c1C(N)=O. The zero-order valence-corrected chi connectivity index (χ0v) is 8.44. The van der Waals surface area contributed by atoms with E-state index in [0.29, 0.717) is 11.8 Å². The van der Waals surface area contributed by atoms with Crippen molar-refractivity contribution in [2.45, 2.75) is 0 Å². The van der Waals surface area contributed by atoms with E-state index in [1.165, 1.54) is 26.4 Å². The Balaban J connectivity index is 3.45. The Morgan fingerprint density at radius 2 is 1.73 bits per heavy atom. The Kier molecular flexibility index (Phi) is 3.28. The normalized spacial score (nSPS) is 9.47. The van der Waals surface area contributed by atoms with Gasteiger partial charge < -0.3 is 15.2 Å². The molecule has 0 unspecified atom stereocenters. The van der Waals surface area contributed by atoms with Crippen molar-refractivity contribution in [3.8, 4) is 11.5 Å². The van der Waals surface area contributed by atoms with Gasteiger partial charge in [-0.2, -0.15) is 0 Å². The van der Waals surface area contributed by atoms with Gasteiger partial charge >= 0.3 is 0 Å². The highest BCUT2D eigenvalue weighted by Gasteiger charge is 2.16. The van der Waals surface area contributed by atoms with Gasteiger partial charge in [-0.15, -0.1) is 0 Å². The molecule has 0 fully saturated rings. The molecule has 1 aromatic rings. The van der Waals surface area contributed by atoms with E-state index in [9.17, 15) is 9.59 Å². The maximum Gasteiger partial charge on any atom is 0.256 e. The van der Waals surface area contributed by atoms with Crippen LogP contribution in [0.1, 0.15) is 20.7 Å². The fourth-order valence-corrected chi connectivity index (χ4v) is 1.24. The summed E-state index contributed by atoms with van der Waals surface area (Å²) in [6.45, 7) is 0. The van der Waals surface area contributed by atoms with Crippen molar-refractivity contribution >= 4 is 12.2 Å².